The van der Waals surface area contributed by atoms with Gasteiger partial charge in [-0.25, -0.2) is 0 Å². The van der Waals surface area contributed by atoms with Crippen LogP contribution in [0.1, 0.15) is 11.4 Å². The standard InChI is InChI=1S/2C16H14BrN3Se/c2*1-11-15(21-14-10-6-5-9-13(14)17)16(18)20(19-11)12-7-3-2-4-8-12/h2*2-10H,18H2,1H3. The Kier molecular flexibility index (Phi) is 10.1. The van der Waals surface area contributed by atoms with E-state index in [2.05, 4.69) is 78.5 Å². The molecule has 10 heteroatoms. The van der Waals surface area contributed by atoms with Gasteiger partial charge >= 0.3 is 277 Å². The molecule has 0 bridgehead atoms. The molecule has 212 valence electrons. The van der Waals surface area contributed by atoms with E-state index in [0.717, 1.165) is 52.3 Å². The van der Waals surface area contributed by atoms with E-state index < -0.39 is 0 Å². The molecule has 0 spiro atoms. The second-order valence-corrected chi connectivity index (χ2v) is 15.3. The van der Waals surface area contributed by atoms with Crippen LogP contribution in [-0.2, 0) is 0 Å². The van der Waals surface area contributed by atoms with Gasteiger partial charge in [0, 0.05) is 0 Å². The van der Waals surface area contributed by atoms with Gasteiger partial charge in [-0.1, -0.05) is 0 Å². The topological polar surface area (TPSA) is 87.7 Å². The van der Waals surface area contributed by atoms with Crippen molar-refractivity contribution in [3.8, 4) is 11.4 Å². The average molecular weight is 814 g/mol. The monoisotopic (exact) mass is 814 g/mol. The van der Waals surface area contributed by atoms with E-state index in [9.17, 15) is 0 Å². The summed E-state index contributed by atoms with van der Waals surface area (Å²) in [4.78, 5) is 0. The zero-order chi connectivity index (χ0) is 29.6. The van der Waals surface area contributed by atoms with E-state index in [1.165, 1.54) is 8.92 Å². The third kappa shape index (κ3) is 6.92. The van der Waals surface area contributed by atoms with Crippen molar-refractivity contribution in [3.63, 3.8) is 0 Å². The number of hydrogen-bond acceptors (Lipinski definition) is 4. The van der Waals surface area contributed by atoms with Crippen LogP contribution in [0.5, 0.6) is 0 Å². The van der Waals surface area contributed by atoms with Gasteiger partial charge in [0.2, 0.25) is 0 Å². The molecule has 2 heterocycles. The van der Waals surface area contributed by atoms with Crippen molar-refractivity contribution in [2.45, 2.75) is 13.8 Å². The van der Waals surface area contributed by atoms with Crippen LogP contribution in [0.15, 0.2) is 118 Å². The summed E-state index contributed by atoms with van der Waals surface area (Å²) in [6.45, 7) is 4.04. The Labute approximate surface area is 275 Å². The predicted molar refractivity (Wildman–Crippen MR) is 184 cm³/mol. The zero-order valence-corrected chi connectivity index (χ0v) is 29.5. The number of nitrogens with zero attached hydrogens (tertiary/aromatic N) is 4. The van der Waals surface area contributed by atoms with Crippen molar-refractivity contribution in [3.05, 3.63) is 130 Å². The summed E-state index contributed by atoms with van der Waals surface area (Å²) in [7, 11) is 0. The molecule has 6 aromatic rings. The molecule has 0 saturated carbocycles. The number of benzene rings is 4. The average Bonchev–Trinajstić information content (AvgIpc) is 3.45. The number of nitrogens with two attached hydrogens (primary N) is 2. The van der Waals surface area contributed by atoms with Crippen LogP contribution >= 0.6 is 31.9 Å². The number of aromatic nitrogens is 4. The summed E-state index contributed by atoms with van der Waals surface area (Å²) < 4.78 is 10.7. The first-order valence-corrected chi connectivity index (χ1v) is 18.0. The summed E-state index contributed by atoms with van der Waals surface area (Å²) in [6.07, 6.45) is 0. The van der Waals surface area contributed by atoms with Crippen LogP contribution in [0, 0.1) is 13.8 Å². The Morgan fingerprint density at radius 1 is 0.524 bits per heavy atom. The molecule has 6 nitrogen and oxygen atoms in total. The summed E-state index contributed by atoms with van der Waals surface area (Å²) in [6, 6.07) is 36.5. The molecule has 0 amide bonds. The third-order valence-corrected chi connectivity index (χ3v) is 14.1. The fourth-order valence-corrected chi connectivity index (χ4v) is 9.36. The van der Waals surface area contributed by atoms with Gasteiger partial charge in [0.25, 0.3) is 0 Å². The quantitative estimate of drug-likeness (QED) is 0.245. The van der Waals surface area contributed by atoms with Crippen molar-refractivity contribution >= 4 is 91.3 Å². The predicted octanol–water partition coefficient (Wildman–Crippen LogP) is 4.36. The Bertz CT molecular complexity index is 1670. The minimum atomic E-state index is 0.126. The van der Waals surface area contributed by atoms with Crippen LogP contribution < -0.4 is 29.3 Å². The summed E-state index contributed by atoms with van der Waals surface area (Å²) >= 11 is 7.46. The summed E-state index contributed by atoms with van der Waals surface area (Å²) in [5.74, 6) is 1.46. The Morgan fingerprint density at radius 3 is 1.21 bits per heavy atom. The van der Waals surface area contributed by atoms with Gasteiger partial charge < -0.3 is 0 Å². The molecule has 42 heavy (non-hydrogen) atoms. The van der Waals surface area contributed by atoms with Gasteiger partial charge in [0.1, 0.15) is 0 Å². The maximum atomic E-state index is 6.33. The molecule has 0 atom stereocenters. The summed E-state index contributed by atoms with van der Waals surface area (Å²) in [5.41, 5.74) is 16.6. The molecule has 0 saturated heterocycles. The van der Waals surface area contributed by atoms with Crippen molar-refractivity contribution < 1.29 is 0 Å². The molecule has 4 aromatic carbocycles. The van der Waals surface area contributed by atoms with E-state index in [0.29, 0.717) is 0 Å². The van der Waals surface area contributed by atoms with Gasteiger partial charge in [-0.3, -0.25) is 0 Å². The molecule has 0 fully saturated rings. The first-order valence-electron chi connectivity index (χ1n) is 13.0. The molecule has 0 aliphatic heterocycles. The maximum absolute atomic E-state index is 6.33. The van der Waals surface area contributed by atoms with Crippen molar-refractivity contribution in [1.29, 1.82) is 0 Å². The number of aryl methyl sites for hydroxylation is 2. The normalized spacial score (nSPS) is 10.8. The fraction of sp³-hybridized carbons (Fsp3) is 0.0625. The van der Waals surface area contributed by atoms with Crippen LogP contribution in [-0.4, -0.2) is 49.5 Å². The zero-order valence-electron chi connectivity index (χ0n) is 22.9. The first-order chi connectivity index (χ1) is 20.3. The minimum absolute atomic E-state index is 0.126. The van der Waals surface area contributed by atoms with Gasteiger partial charge in [0.05, 0.1) is 0 Å². The van der Waals surface area contributed by atoms with E-state index >= 15 is 0 Å². The van der Waals surface area contributed by atoms with E-state index in [1.54, 1.807) is 0 Å². The Hall–Kier alpha value is -3.10. The molecular weight excluding hydrogens is 786 g/mol. The SMILES string of the molecule is Cc1nn(-c2ccccc2)c(N)c1[Se]c1ccccc1Br.Cc1nn(-c2ccccc2)c(N)c1[Se]c1ccccc1Br. The second-order valence-electron chi connectivity index (χ2n) is 9.16. The molecule has 0 aliphatic rings. The van der Waals surface area contributed by atoms with E-state index in [1.807, 2.05) is 96.0 Å². The molecule has 0 unspecified atom stereocenters. The Morgan fingerprint density at radius 2 is 0.857 bits per heavy atom. The number of anilines is 2. The summed E-state index contributed by atoms with van der Waals surface area (Å²) in [5, 5.41) is 9.20. The number of para-hydroxylation sites is 2. The van der Waals surface area contributed by atoms with E-state index in [-0.39, 0.29) is 29.9 Å². The van der Waals surface area contributed by atoms with Crippen LogP contribution in [0.25, 0.3) is 11.4 Å². The third-order valence-electron chi connectivity index (χ3n) is 6.18. The molecule has 2 aromatic heterocycles. The van der Waals surface area contributed by atoms with Crippen LogP contribution in [0.4, 0.5) is 11.6 Å². The Balaban J connectivity index is 0.000000168. The van der Waals surface area contributed by atoms with E-state index in [4.69, 9.17) is 11.5 Å². The van der Waals surface area contributed by atoms with Gasteiger partial charge in [-0.05, 0) is 0 Å². The van der Waals surface area contributed by atoms with Crippen molar-refractivity contribution in [2.75, 3.05) is 11.5 Å². The first kappa shape index (κ1) is 30.4. The molecule has 6 rings (SSSR count). The van der Waals surface area contributed by atoms with Gasteiger partial charge in [-0.2, -0.15) is 0 Å². The number of nitrogen functional groups attached to an aromatic ring is 2. The van der Waals surface area contributed by atoms with Gasteiger partial charge in [-0.15, -0.1) is 0 Å². The molecule has 4 N–H and O–H groups in total. The van der Waals surface area contributed by atoms with Crippen molar-refractivity contribution in [1.82, 2.24) is 19.6 Å². The second kappa shape index (κ2) is 13.9. The number of hydrogen-bond donors (Lipinski definition) is 2. The number of rotatable bonds is 6. The van der Waals surface area contributed by atoms with Crippen LogP contribution in [0.2, 0.25) is 0 Å². The van der Waals surface area contributed by atoms with Gasteiger partial charge in [0.15, 0.2) is 0 Å². The molecule has 0 aliphatic carbocycles. The fourth-order valence-electron chi connectivity index (χ4n) is 4.12. The molecule has 0 radical (unpaired) electrons. The molecular formula is C32H28Br2N6Se2. The number of halogens is 2. The van der Waals surface area contributed by atoms with Crippen molar-refractivity contribution in [2.24, 2.45) is 0 Å². The van der Waals surface area contributed by atoms with Crippen LogP contribution in [0.3, 0.4) is 0 Å².